The lowest BCUT2D eigenvalue weighted by Crippen LogP contribution is -1.88. The van der Waals surface area contributed by atoms with Gasteiger partial charge in [0.25, 0.3) is 0 Å². The molecular formula is C14H12FN3. The molecule has 2 heterocycles. The predicted octanol–water partition coefficient (Wildman–Crippen LogP) is 3.08. The fourth-order valence-electron chi connectivity index (χ4n) is 2.05. The maximum atomic E-state index is 13.4. The number of nitrogens with zero attached hydrogens (tertiary/aromatic N) is 3. The Balaban J connectivity index is 2.20. The molecule has 0 aliphatic rings. The molecule has 0 radical (unpaired) electrons. The van der Waals surface area contributed by atoms with Crippen LogP contribution >= 0.6 is 0 Å². The molecule has 0 saturated carbocycles. The Hall–Kier alpha value is -2.23. The number of hydrogen-bond donors (Lipinski definition) is 0. The average Bonchev–Trinajstić information content (AvgIpc) is 2.80. The van der Waals surface area contributed by atoms with E-state index in [4.69, 9.17) is 0 Å². The number of rotatable bonds is 1. The smallest absolute Gasteiger partial charge is 0.126 e. The highest BCUT2D eigenvalue weighted by Crippen LogP contribution is 2.24. The number of halogens is 1. The summed E-state index contributed by atoms with van der Waals surface area (Å²) in [6.07, 6.45) is 5.39. The summed E-state index contributed by atoms with van der Waals surface area (Å²) >= 11 is 0. The number of pyridine rings is 1. The van der Waals surface area contributed by atoms with Crippen molar-refractivity contribution in [2.45, 2.75) is 6.92 Å². The van der Waals surface area contributed by atoms with Crippen LogP contribution in [0.4, 0.5) is 4.39 Å². The molecule has 3 nitrogen and oxygen atoms in total. The summed E-state index contributed by atoms with van der Waals surface area (Å²) in [5, 5.41) is 5.96. The zero-order chi connectivity index (χ0) is 12.7. The Morgan fingerprint density at radius 2 is 2.06 bits per heavy atom. The molecule has 3 aromatic rings. The van der Waals surface area contributed by atoms with Gasteiger partial charge in [0.05, 0.1) is 11.9 Å². The molecule has 18 heavy (non-hydrogen) atoms. The maximum Gasteiger partial charge on any atom is 0.126 e. The number of benzene rings is 1. The van der Waals surface area contributed by atoms with Crippen molar-refractivity contribution in [3.8, 4) is 11.3 Å². The SMILES string of the molecule is Cc1c(F)ccc2cc(-c3cnn(C)c3)ncc12. The number of fused-ring (bicyclic) bond motifs is 1. The first-order valence-corrected chi connectivity index (χ1v) is 5.69. The normalized spacial score (nSPS) is 11.1. The summed E-state index contributed by atoms with van der Waals surface area (Å²) in [5.41, 5.74) is 2.45. The van der Waals surface area contributed by atoms with Crippen molar-refractivity contribution in [3.63, 3.8) is 0 Å². The minimum atomic E-state index is -0.196. The van der Waals surface area contributed by atoms with Crippen LogP contribution in [0, 0.1) is 12.7 Å². The van der Waals surface area contributed by atoms with E-state index in [9.17, 15) is 4.39 Å². The summed E-state index contributed by atoms with van der Waals surface area (Å²) in [5.74, 6) is -0.196. The van der Waals surface area contributed by atoms with Gasteiger partial charge in [0.2, 0.25) is 0 Å². The molecule has 0 amide bonds. The van der Waals surface area contributed by atoms with Gasteiger partial charge in [0.1, 0.15) is 5.82 Å². The van der Waals surface area contributed by atoms with E-state index in [0.29, 0.717) is 5.56 Å². The third-order valence-corrected chi connectivity index (χ3v) is 3.11. The average molecular weight is 241 g/mol. The molecule has 4 heteroatoms. The van der Waals surface area contributed by atoms with Gasteiger partial charge in [-0.1, -0.05) is 6.07 Å². The van der Waals surface area contributed by atoms with Gasteiger partial charge in [-0.15, -0.1) is 0 Å². The molecule has 0 aliphatic carbocycles. The van der Waals surface area contributed by atoms with E-state index >= 15 is 0 Å². The van der Waals surface area contributed by atoms with Crippen LogP contribution < -0.4 is 0 Å². The molecule has 2 aromatic heterocycles. The molecule has 90 valence electrons. The third-order valence-electron chi connectivity index (χ3n) is 3.11. The molecule has 0 unspecified atom stereocenters. The van der Waals surface area contributed by atoms with E-state index in [-0.39, 0.29) is 5.82 Å². The molecule has 0 N–H and O–H groups in total. The van der Waals surface area contributed by atoms with Gasteiger partial charge in [-0.3, -0.25) is 9.67 Å². The van der Waals surface area contributed by atoms with Crippen molar-refractivity contribution in [2.75, 3.05) is 0 Å². The van der Waals surface area contributed by atoms with Crippen molar-refractivity contribution >= 4 is 10.8 Å². The van der Waals surface area contributed by atoms with Crippen LogP contribution in [-0.4, -0.2) is 14.8 Å². The second kappa shape index (κ2) is 3.91. The lowest BCUT2D eigenvalue weighted by molar-refractivity contribution is 0.621. The number of aromatic nitrogens is 3. The van der Waals surface area contributed by atoms with Crippen LogP contribution in [0.3, 0.4) is 0 Å². The molecular weight excluding hydrogens is 229 g/mol. The van der Waals surface area contributed by atoms with E-state index in [1.54, 1.807) is 30.1 Å². The Bertz CT molecular complexity index is 731. The summed E-state index contributed by atoms with van der Waals surface area (Å²) in [7, 11) is 1.87. The van der Waals surface area contributed by atoms with Crippen LogP contribution in [0.15, 0.2) is 36.8 Å². The van der Waals surface area contributed by atoms with Crippen molar-refractivity contribution in [1.82, 2.24) is 14.8 Å². The Labute approximate surface area is 104 Å². The molecule has 1 aromatic carbocycles. The predicted molar refractivity (Wildman–Crippen MR) is 68.6 cm³/mol. The van der Waals surface area contributed by atoms with Crippen LogP contribution in [0.2, 0.25) is 0 Å². The van der Waals surface area contributed by atoms with Gasteiger partial charge in [0.15, 0.2) is 0 Å². The molecule has 0 saturated heterocycles. The summed E-state index contributed by atoms with van der Waals surface area (Å²) in [6.45, 7) is 1.77. The third kappa shape index (κ3) is 1.66. The first kappa shape index (κ1) is 10.9. The minimum absolute atomic E-state index is 0.196. The highest BCUT2D eigenvalue weighted by molar-refractivity contribution is 5.87. The quantitative estimate of drug-likeness (QED) is 0.655. The van der Waals surface area contributed by atoms with Crippen molar-refractivity contribution < 1.29 is 4.39 Å². The van der Waals surface area contributed by atoms with E-state index < -0.39 is 0 Å². The van der Waals surface area contributed by atoms with Gasteiger partial charge < -0.3 is 0 Å². The number of aryl methyl sites for hydroxylation is 2. The van der Waals surface area contributed by atoms with Gasteiger partial charge in [-0.25, -0.2) is 4.39 Å². The largest absolute Gasteiger partial charge is 0.275 e. The molecule has 0 aliphatic heterocycles. The zero-order valence-electron chi connectivity index (χ0n) is 10.2. The van der Waals surface area contributed by atoms with E-state index in [2.05, 4.69) is 10.1 Å². The minimum Gasteiger partial charge on any atom is -0.275 e. The van der Waals surface area contributed by atoms with Crippen LogP contribution in [0.5, 0.6) is 0 Å². The fourth-order valence-corrected chi connectivity index (χ4v) is 2.05. The summed E-state index contributed by atoms with van der Waals surface area (Å²) < 4.78 is 15.2. The summed E-state index contributed by atoms with van der Waals surface area (Å²) in [4.78, 5) is 4.37. The topological polar surface area (TPSA) is 30.7 Å². The van der Waals surface area contributed by atoms with Crippen molar-refractivity contribution in [3.05, 3.63) is 48.2 Å². The van der Waals surface area contributed by atoms with Crippen molar-refractivity contribution in [2.24, 2.45) is 7.05 Å². The van der Waals surface area contributed by atoms with Crippen molar-refractivity contribution in [1.29, 1.82) is 0 Å². The van der Waals surface area contributed by atoms with E-state index in [1.165, 1.54) is 6.07 Å². The highest BCUT2D eigenvalue weighted by Gasteiger charge is 2.07. The fraction of sp³-hybridized carbons (Fsp3) is 0.143. The molecule has 0 spiro atoms. The standard InChI is InChI=1S/C14H12FN3/c1-9-12-7-16-14(11-6-17-18(2)8-11)5-10(12)3-4-13(9)15/h3-8H,1-2H3. The highest BCUT2D eigenvalue weighted by atomic mass is 19.1. The van der Waals surface area contributed by atoms with Gasteiger partial charge >= 0.3 is 0 Å². The maximum absolute atomic E-state index is 13.4. The van der Waals surface area contributed by atoms with Gasteiger partial charge in [-0.2, -0.15) is 5.10 Å². The van der Waals surface area contributed by atoms with Crippen LogP contribution in [0.25, 0.3) is 22.0 Å². The van der Waals surface area contributed by atoms with E-state index in [0.717, 1.165) is 22.0 Å². The lowest BCUT2D eigenvalue weighted by atomic mass is 10.1. The van der Waals surface area contributed by atoms with Gasteiger partial charge in [-0.05, 0) is 30.0 Å². The molecule has 3 rings (SSSR count). The monoisotopic (exact) mass is 241 g/mol. The Morgan fingerprint density at radius 3 is 2.78 bits per heavy atom. The first-order valence-electron chi connectivity index (χ1n) is 5.69. The zero-order valence-corrected chi connectivity index (χ0v) is 10.2. The second-order valence-electron chi connectivity index (χ2n) is 4.37. The van der Waals surface area contributed by atoms with Gasteiger partial charge in [0, 0.05) is 30.4 Å². The lowest BCUT2D eigenvalue weighted by Gasteiger charge is -2.04. The number of hydrogen-bond acceptors (Lipinski definition) is 2. The Kier molecular flexibility index (Phi) is 2.37. The van der Waals surface area contributed by atoms with E-state index in [1.807, 2.05) is 19.3 Å². The first-order chi connectivity index (χ1) is 8.65. The second-order valence-corrected chi connectivity index (χ2v) is 4.37. The molecule has 0 fully saturated rings. The molecule has 0 bridgehead atoms. The summed E-state index contributed by atoms with van der Waals surface area (Å²) in [6, 6.07) is 5.22. The molecule has 0 atom stereocenters. The Morgan fingerprint density at radius 1 is 1.22 bits per heavy atom. The van der Waals surface area contributed by atoms with Crippen LogP contribution in [0.1, 0.15) is 5.56 Å². The van der Waals surface area contributed by atoms with Crippen LogP contribution in [-0.2, 0) is 7.05 Å².